The quantitative estimate of drug-likeness (QED) is 0.533. The summed E-state index contributed by atoms with van der Waals surface area (Å²) in [6.45, 7) is 2.39. The van der Waals surface area contributed by atoms with Crippen molar-refractivity contribution in [3.63, 3.8) is 0 Å². The zero-order chi connectivity index (χ0) is 24.3. The Morgan fingerprint density at radius 1 is 1.20 bits per heavy atom. The van der Waals surface area contributed by atoms with E-state index >= 15 is 0 Å². The zero-order valence-corrected chi connectivity index (χ0v) is 20.6. The molecule has 2 aromatic rings. The number of aromatic nitrogens is 2. The topological polar surface area (TPSA) is 108 Å². The first-order chi connectivity index (χ1) is 16.7. The van der Waals surface area contributed by atoms with E-state index in [1.807, 2.05) is 19.0 Å². The molecule has 7 heteroatoms. The Labute approximate surface area is 205 Å². The van der Waals surface area contributed by atoms with Crippen molar-refractivity contribution in [1.82, 2.24) is 15.1 Å². The van der Waals surface area contributed by atoms with Crippen LogP contribution < -0.4 is 5.73 Å². The molecule has 3 aliphatic carbocycles. The molecule has 1 saturated carbocycles. The van der Waals surface area contributed by atoms with Crippen molar-refractivity contribution in [2.45, 2.75) is 68.5 Å². The highest BCUT2D eigenvalue weighted by molar-refractivity contribution is 5.91. The highest BCUT2D eigenvalue weighted by Gasteiger charge is 2.67. The van der Waals surface area contributed by atoms with E-state index in [0.29, 0.717) is 18.2 Å². The molecule has 3 heterocycles. The van der Waals surface area contributed by atoms with Gasteiger partial charge in [-0.2, -0.15) is 5.10 Å². The molecule has 35 heavy (non-hydrogen) atoms. The van der Waals surface area contributed by atoms with Crippen LogP contribution in [0.1, 0.15) is 44.6 Å². The minimum atomic E-state index is -0.896. The van der Waals surface area contributed by atoms with E-state index in [1.165, 1.54) is 16.7 Å². The summed E-state index contributed by atoms with van der Waals surface area (Å²) in [7, 11) is 3.94. The minimum Gasteiger partial charge on any atom is -0.388 e. The molecule has 5 aliphatic rings. The predicted molar refractivity (Wildman–Crippen MR) is 135 cm³/mol. The lowest BCUT2D eigenvalue weighted by Crippen LogP contribution is -2.61. The van der Waals surface area contributed by atoms with Gasteiger partial charge in [-0.25, -0.2) is 0 Å². The van der Waals surface area contributed by atoms with Gasteiger partial charge in [0, 0.05) is 22.8 Å². The number of aliphatic hydroxyl groups excluding tert-OH is 2. The molecule has 2 aliphatic heterocycles. The SMILES string of the molecule is CN(C)C1CC23CCC4(O2)C(=CCC2(C)C(c5ccc6c(N)n[nH]c6c5)=CCC24)C=C3C(O)C1O. The summed E-state index contributed by atoms with van der Waals surface area (Å²) in [6.07, 6.45) is 9.65. The first-order valence-corrected chi connectivity index (χ1v) is 12.8. The number of aromatic amines is 1. The highest BCUT2D eigenvalue weighted by atomic mass is 16.5. The third-order valence-corrected chi connectivity index (χ3v) is 10.00. The maximum absolute atomic E-state index is 11.1. The number of ether oxygens (including phenoxy) is 1. The molecule has 1 saturated heterocycles. The molecule has 0 amide bonds. The Kier molecular flexibility index (Phi) is 4.27. The van der Waals surface area contributed by atoms with Crippen molar-refractivity contribution >= 4 is 22.3 Å². The molecule has 184 valence electrons. The van der Waals surface area contributed by atoms with E-state index in [1.54, 1.807) is 0 Å². The lowest BCUT2D eigenvalue weighted by Gasteiger charge is -2.55. The molecule has 7 atom stereocenters. The average molecular weight is 475 g/mol. The van der Waals surface area contributed by atoms with Crippen molar-refractivity contribution in [2.75, 3.05) is 19.8 Å². The zero-order valence-electron chi connectivity index (χ0n) is 20.6. The van der Waals surface area contributed by atoms with Crippen LogP contribution in [-0.4, -0.2) is 68.9 Å². The van der Waals surface area contributed by atoms with Gasteiger partial charge in [0.25, 0.3) is 0 Å². The Hall–Kier alpha value is -2.45. The maximum atomic E-state index is 11.1. The smallest absolute Gasteiger partial charge is 0.153 e. The van der Waals surface area contributed by atoms with Crippen molar-refractivity contribution < 1.29 is 14.9 Å². The highest BCUT2D eigenvalue weighted by Crippen LogP contribution is 2.67. The fourth-order valence-corrected chi connectivity index (χ4v) is 8.15. The fourth-order valence-electron chi connectivity index (χ4n) is 8.15. The first kappa shape index (κ1) is 21.8. The number of rotatable bonds is 2. The maximum Gasteiger partial charge on any atom is 0.153 e. The Morgan fingerprint density at radius 3 is 2.83 bits per heavy atom. The second kappa shape index (κ2) is 6.85. The van der Waals surface area contributed by atoms with Crippen LogP contribution in [0.2, 0.25) is 0 Å². The number of anilines is 1. The number of benzene rings is 1. The summed E-state index contributed by atoms with van der Waals surface area (Å²) >= 11 is 0. The molecule has 0 radical (unpaired) electrons. The van der Waals surface area contributed by atoms with Crippen LogP contribution in [0.3, 0.4) is 0 Å². The van der Waals surface area contributed by atoms with Gasteiger partial charge in [-0.05, 0) is 80.6 Å². The number of nitrogens with two attached hydrogens (primary N) is 1. The average Bonchev–Trinajstić information content (AvgIpc) is 3.48. The summed E-state index contributed by atoms with van der Waals surface area (Å²) < 4.78 is 7.22. The number of hydrogen-bond acceptors (Lipinski definition) is 6. The van der Waals surface area contributed by atoms with Crippen LogP contribution in [0.15, 0.2) is 47.6 Å². The van der Waals surface area contributed by atoms with Crippen molar-refractivity contribution in [3.05, 3.63) is 53.1 Å². The van der Waals surface area contributed by atoms with Gasteiger partial charge in [0.15, 0.2) is 5.82 Å². The van der Waals surface area contributed by atoms with Crippen LogP contribution in [0, 0.1) is 11.3 Å². The van der Waals surface area contributed by atoms with E-state index in [4.69, 9.17) is 10.5 Å². The van der Waals surface area contributed by atoms with Gasteiger partial charge in [-0.1, -0.05) is 31.2 Å². The number of nitrogen functional groups attached to an aromatic ring is 1. The van der Waals surface area contributed by atoms with Gasteiger partial charge in [-0.15, -0.1) is 0 Å². The van der Waals surface area contributed by atoms with Gasteiger partial charge in [0.1, 0.15) is 6.10 Å². The fraction of sp³-hybridized carbons (Fsp3) is 0.536. The van der Waals surface area contributed by atoms with Gasteiger partial charge in [0.2, 0.25) is 0 Å². The summed E-state index contributed by atoms with van der Waals surface area (Å²) in [6, 6.07) is 6.27. The number of hydrogen-bond donors (Lipinski definition) is 4. The third kappa shape index (κ3) is 2.62. The molecule has 7 unspecified atom stereocenters. The standard InChI is InChI=1S/C28H34N4O3/c1-26-9-8-16-13-19-23(33)24(34)21(32(2)3)14-27(19)10-11-28(16,35-27)22(26)7-6-18(26)15-4-5-17-20(12-15)30-31-25(17)29/h4-6,8,12-13,21-24,33-34H,7,9-11,14H2,1-3H3,(H3,29,30,31). The van der Waals surface area contributed by atoms with Crippen molar-refractivity contribution in [2.24, 2.45) is 11.3 Å². The van der Waals surface area contributed by atoms with Gasteiger partial charge < -0.3 is 25.6 Å². The van der Waals surface area contributed by atoms with E-state index in [9.17, 15) is 10.2 Å². The van der Waals surface area contributed by atoms with Gasteiger partial charge in [0.05, 0.1) is 22.8 Å². The third-order valence-electron chi connectivity index (χ3n) is 10.00. The molecule has 2 fully saturated rings. The second-order valence-electron chi connectivity index (χ2n) is 11.8. The second-order valence-corrected chi connectivity index (χ2v) is 11.8. The molecular weight excluding hydrogens is 440 g/mol. The lowest BCUT2D eigenvalue weighted by molar-refractivity contribution is -0.161. The summed E-state index contributed by atoms with van der Waals surface area (Å²) in [5.74, 6) is 0.858. The summed E-state index contributed by atoms with van der Waals surface area (Å²) in [4.78, 5) is 2.03. The number of nitrogens with zero attached hydrogens (tertiary/aromatic N) is 2. The molecular formula is C28H34N4O3. The Bertz CT molecular complexity index is 1340. The van der Waals surface area contributed by atoms with E-state index < -0.39 is 17.8 Å². The van der Waals surface area contributed by atoms with Crippen LogP contribution in [0.25, 0.3) is 16.5 Å². The molecule has 2 spiro atoms. The number of aliphatic hydroxyl groups is 2. The Morgan fingerprint density at radius 2 is 2.03 bits per heavy atom. The lowest BCUT2D eigenvalue weighted by atomic mass is 9.58. The monoisotopic (exact) mass is 474 g/mol. The summed E-state index contributed by atoms with van der Waals surface area (Å²) in [5.41, 5.74) is 10.7. The van der Waals surface area contributed by atoms with Crippen LogP contribution >= 0.6 is 0 Å². The predicted octanol–water partition coefficient (Wildman–Crippen LogP) is 3.17. The number of nitrogens with one attached hydrogen (secondary N) is 1. The normalized spacial score (nSPS) is 41.8. The molecule has 1 aromatic heterocycles. The van der Waals surface area contributed by atoms with Crippen molar-refractivity contribution in [3.8, 4) is 0 Å². The van der Waals surface area contributed by atoms with Crippen molar-refractivity contribution in [1.29, 1.82) is 0 Å². The van der Waals surface area contributed by atoms with E-state index in [0.717, 1.165) is 42.2 Å². The van der Waals surface area contributed by atoms with Crippen LogP contribution in [-0.2, 0) is 4.74 Å². The molecule has 1 aromatic carbocycles. The van der Waals surface area contributed by atoms with Gasteiger partial charge >= 0.3 is 0 Å². The number of fused-ring (bicyclic) bond motifs is 2. The number of H-pyrrole nitrogens is 1. The van der Waals surface area contributed by atoms with Gasteiger partial charge in [-0.3, -0.25) is 5.10 Å². The Balaban J connectivity index is 1.30. The summed E-state index contributed by atoms with van der Waals surface area (Å²) in [5, 5.41) is 30.2. The molecule has 7 nitrogen and oxygen atoms in total. The molecule has 2 bridgehead atoms. The van der Waals surface area contributed by atoms with Crippen LogP contribution in [0.5, 0.6) is 0 Å². The van der Waals surface area contributed by atoms with E-state index in [2.05, 4.69) is 53.5 Å². The van der Waals surface area contributed by atoms with Crippen LogP contribution in [0.4, 0.5) is 5.82 Å². The molecule has 5 N–H and O–H groups in total. The molecule has 7 rings (SSSR count). The minimum absolute atomic E-state index is 0.0483. The largest absolute Gasteiger partial charge is 0.388 e. The van der Waals surface area contributed by atoms with E-state index in [-0.39, 0.29) is 17.1 Å². The number of likely N-dealkylation sites (N-methyl/N-ethyl adjacent to an activating group) is 1. The number of allylic oxidation sites excluding steroid dienone is 3. The first-order valence-electron chi connectivity index (χ1n) is 12.8.